The van der Waals surface area contributed by atoms with Crippen molar-refractivity contribution < 1.29 is 9.90 Å². The van der Waals surface area contributed by atoms with E-state index in [1.807, 2.05) is 6.92 Å². The van der Waals surface area contributed by atoms with Crippen LogP contribution in [0.1, 0.15) is 19.2 Å². The molecule has 0 aliphatic rings. The van der Waals surface area contributed by atoms with E-state index in [1.54, 1.807) is 0 Å². The second-order valence-corrected chi connectivity index (χ2v) is 2.48. The molecule has 5 heteroatoms. The summed E-state index contributed by atoms with van der Waals surface area (Å²) >= 11 is 0. The number of hydrogen-bond acceptors (Lipinski definition) is 3. The fourth-order valence-corrected chi connectivity index (χ4v) is 0.966. The van der Waals surface area contributed by atoms with Gasteiger partial charge in [0.1, 0.15) is 18.7 Å². The van der Waals surface area contributed by atoms with Crippen LogP contribution in [0, 0.1) is 0 Å². The van der Waals surface area contributed by atoms with Crippen molar-refractivity contribution in [2.45, 2.75) is 26.3 Å². The molecular weight excluding hydrogens is 158 g/mol. The quantitative estimate of drug-likeness (QED) is 0.704. The van der Waals surface area contributed by atoms with Crippen LogP contribution in [0.4, 0.5) is 0 Å². The molecule has 0 fully saturated rings. The summed E-state index contributed by atoms with van der Waals surface area (Å²) in [7, 11) is 0. The number of carboxylic acid groups (broad SMARTS) is 1. The van der Waals surface area contributed by atoms with Crippen molar-refractivity contribution in [1.29, 1.82) is 0 Å². The predicted molar refractivity (Wildman–Crippen MR) is 41.7 cm³/mol. The number of aliphatic carboxylic acids is 1. The summed E-state index contributed by atoms with van der Waals surface area (Å²) in [6.45, 7) is 1.91. The summed E-state index contributed by atoms with van der Waals surface area (Å²) in [5.41, 5.74) is 0. The zero-order valence-electron chi connectivity index (χ0n) is 6.90. The van der Waals surface area contributed by atoms with E-state index >= 15 is 0 Å². The number of carboxylic acids is 1. The zero-order valence-corrected chi connectivity index (χ0v) is 6.90. The third-order valence-electron chi connectivity index (χ3n) is 1.45. The summed E-state index contributed by atoms with van der Waals surface area (Å²) in [5, 5.41) is 12.3. The van der Waals surface area contributed by atoms with E-state index in [2.05, 4.69) is 10.1 Å². The van der Waals surface area contributed by atoms with E-state index in [4.69, 9.17) is 5.11 Å². The maximum Gasteiger partial charge on any atom is 0.325 e. The van der Waals surface area contributed by atoms with Gasteiger partial charge in [0.05, 0.1) is 0 Å². The fourth-order valence-electron chi connectivity index (χ4n) is 0.966. The molecule has 0 radical (unpaired) electrons. The van der Waals surface area contributed by atoms with Crippen molar-refractivity contribution in [3.8, 4) is 0 Å². The van der Waals surface area contributed by atoms with Crippen LogP contribution >= 0.6 is 0 Å². The van der Waals surface area contributed by atoms with Crippen molar-refractivity contribution in [2.75, 3.05) is 0 Å². The van der Waals surface area contributed by atoms with E-state index in [1.165, 1.54) is 11.0 Å². The predicted octanol–water partition coefficient (Wildman–Crippen LogP) is 0.315. The first-order valence-corrected chi connectivity index (χ1v) is 3.82. The van der Waals surface area contributed by atoms with Gasteiger partial charge in [-0.15, -0.1) is 0 Å². The van der Waals surface area contributed by atoms with Crippen LogP contribution in [0.15, 0.2) is 6.33 Å². The average molecular weight is 169 g/mol. The van der Waals surface area contributed by atoms with Crippen LogP contribution in [0.3, 0.4) is 0 Å². The highest BCUT2D eigenvalue weighted by molar-refractivity contribution is 5.66. The van der Waals surface area contributed by atoms with Crippen LogP contribution in [0.5, 0.6) is 0 Å². The molecule has 1 aromatic heterocycles. The van der Waals surface area contributed by atoms with Crippen LogP contribution < -0.4 is 0 Å². The maximum absolute atomic E-state index is 10.3. The second kappa shape index (κ2) is 3.85. The number of carbonyl (C=O) groups is 1. The monoisotopic (exact) mass is 169 g/mol. The first kappa shape index (κ1) is 8.70. The van der Waals surface area contributed by atoms with Crippen molar-refractivity contribution >= 4 is 5.97 Å². The fraction of sp³-hybridized carbons (Fsp3) is 0.571. The topological polar surface area (TPSA) is 68.0 Å². The smallest absolute Gasteiger partial charge is 0.325 e. The molecule has 1 rings (SSSR count). The molecule has 1 N–H and O–H groups in total. The van der Waals surface area contributed by atoms with Gasteiger partial charge in [-0.3, -0.25) is 4.79 Å². The standard InChI is InChI=1S/C7H11N3O2/c1-2-3-6-8-5-9-10(6)4-7(11)12/h5H,2-4H2,1H3,(H,11,12). The Morgan fingerprint density at radius 2 is 2.50 bits per heavy atom. The molecule has 0 aromatic carbocycles. The lowest BCUT2D eigenvalue weighted by Crippen LogP contribution is -2.13. The lowest BCUT2D eigenvalue weighted by atomic mass is 10.3. The van der Waals surface area contributed by atoms with E-state index in [0.29, 0.717) is 0 Å². The first-order valence-electron chi connectivity index (χ1n) is 3.82. The number of aryl methyl sites for hydroxylation is 1. The molecule has 66 valence electrons. The van der Waals surface area contributed by atoms with Gasteiger partial charge in [0.2, 0.25) is 0 Å². The normalized spacial score (nSPS) is 10.1. The van der Waals surface area contributed by atoms with Crippen molar-refractivity contribution in [2.24, 2.45) is 0 Å². The molecule has 0 saturated heterocycles. The lowest BCUT2D eigenvalue weighted by molar-refractivity contribution is -0.137. The van der Waals surface area contributed by atoms with Crippen LogP contribution in [-0.4, -0.2) is 25.8 Å². The molecule has 0 amide bonds. The van der Waals surface area contributed by atoms with Gasteiger partial charge >= 0.3 is 5.97 Å². The van der Waals surface area contributed by atoms with Gasteiger partial charge in [0, 0.05) is 6.42 Å². The third-order valence-corrected chi connectivity index (χ3v) is 1.45. The van der Waals surface area contributed by atoms with Crippen LogP contribution in [0.2, 0.25) is 0 Å². The van der Waals surface area contributed by atoms with Gasteiger partial charge < -0.3 is 5.11 Å². The van der Waals surface area contributed by atoms with Crippen LogP contribution in [-0.2, 0) is 17.8 Å². The molecule has 0 aliphatic heterocycles. The summed E-state index contributed by atoms with van der Waals surface area (Å²) in [4.78, 5) is 14.3. The molecule has 0 unspecified atom stereocenters. The highest BCUT2D eigenvalue weighted by Crippen LogP contribution is 1.97. The third kappa shape index (κ3) is 2.05. The van der Waals surface area contributed by atoms with Crippen molar-refractivity contribution in [1.82, 2.24) is 14.8 Å². The van der Waals surface area contributed by atoms with Gasteiger partial charge in [-0.05, 0) is 6.42 Å². The summed E-state index contributed by atoms with van der Waals surface area (Å²) < 4.78 is 1.41. The molecule has 1 heterocycles. The Balaban J connectivity index is 2.69. The SMILES string of the molecule is CCCc1ncnn1CC(=O)O. The zero-order chi connectivity index (χ0) is 8.97. The Morgan fingerprint density at radius 3 is 3.08 bits per heavy atom. The van der Waals surface area contributed by atoms with Crippen molar-refractivity contribution in [3.63, 3.8) is 0 Å². The minimum atomic E-state index is -0.891. The number of aromatic nitrogens is 3. The molecule has 0 aliphatic carbocycles. The van der Waals surface area contributed by atoms with Crippen molar-refractivity contribution in [3.05, 3.63) is 12.2 Å². The van der Waals surface area contributed by atoms with E-state index < -0.39 is 5.97 Å². The number of hydrogen-bond donors (Lipinski definition) is 1. The molecule has 5 nitrogen and oxygen atoms in total. The Morgan fingerprint density at radius 1 is 1.75 bits per heavy atom. The van der Waals surface area contributed by atoms with Gasteiger partial charge in [-0.25, -0.2) is 9.67 Å². The second-order valence-electron chi connectivity index (χ2n) is 2.48. The Labute approximate surface area is 70.0 Å². The van der Waals surface area contributed by atoms with E-state index in [9.17, 15) is 4.79 Å². The molecule has 0 bridgehead atoms. The van der Waals surface area contributed by atoms with Gasteiger partial charge in [-0.2, -0.15) is 5.10 Å². The first-order chi connectivity index (χ1) is 5.74. The summed E-state index contributed by atoms with van der Waals surface area (Å²) in [6.07, 6.45) is 3.10. The van der Waals surface area contributed by atoms with E-state index in [-0.39, 0.29) is 6.54 Å². The Kier molecular flexibility index (Phi) is 2.79. The summed E-state index contributed by atoms with van der Waals surface area (Å²) in [5.74, 6) is -0.155. The molecular formula is C7H11N3O2. The molecule has 0 atom stereocenters. The molecule has 0 saturated carbocycles. The highest BCUT2D eigenvalue weighted by atomic mass is 16.4. The molecule has 12 heavy (non-hydrogen) atoms. The lowest BCUT2D eigenvalue weighted by Gasteiger charge is -1.99. The van der Waals surface area contributed by atoms with Gasteiger partial charge in [0.25, 0.3) is 0 Å². The maximum atomic E-state index is 10.3. The summed E-state index contributed by atoms with van der Waals surface area (Å²) in [6, 6.07) is 0. The average Bonchev–Trinajstić information content (AvgIpc) is 2.37. The Hall–Kier alpha value is -1.39. The number of rotatable bonds is 4. The minimum Gasteiger partial charge on any atom is -0.480 e. The number of nitrogens with zero attached hydrogens (tertiary/aromatic N) is 3. The van der Waals surface area contributed by atoms with Gasteiger partial charge in [0.15, 0.2) is 0 Å². The van der Waals surface area contributed by atoms with Crippen LogP contribution in [0.25, 0.3) is 0 Å². The minimum absolute atomic E-state index is 0.102. The van der Waals surface area contributed by atoms with E-state index in [0.717, 1.165) is 18.7 Å². The van der Waals surface area contributed by atoms with Gasteiger partial charge in [-0.1, -0.05) is 6.92 Å². The Bertz CT molecular complexity index is 269. The highest BCUT2D eigenvalue weighted by Gasteiger charge is 2.05. The molecule has 0 spiro atoms. The largest absolute Gasteiger partial charge is 0.480 e. The molecule has 1 aromatic rings.